The Hall–Kier alpha value is -0.0800. The minimum absolute atomic E-state index is 1.17. The molecule has 2 nitrogen and oxygen atoms in total. The molecule has 2 heteroatoms. The first-order valence-corrected chi connectivity index (χ1v) is 4.31. The maximum Gasteiger partial charge on any atom is 0.132 e. The Morgan fingerprint density at radius 2 is 2.30 bits per heavy atom. The third kappa shape index (κ3) is 1.96. The largest absolute Gasteiger partial charge is 0.314 e. The predicted octanol–water partition coefficient (Wildman–Crippen LogP) is 0.794. The van der Waals surface area contributed by atoms with Crippen molar-refractivity contribution in [2.45, 2.75) is 19.8 Å². The molecule has 1 heterocycles. The fourth-order valence-electron chi connectivity index (χ4n) is 1.74. The van der Waals surface area contributed by atoms with Gasteiger partial charge >= 0.3 is 0 Å². The molecule has 1 aliphatic heterocycles. The van der Waals surface area contributed by atoms with Gasteiger partial charge < -0.3 is 4.48 Å². The Morgan fingerprint density at radius 1 is 1.50 bits per heavy atom. The van der Waals surface area contributed by atoms with Crippen LogP contribution >= 0.6 is 0 Å². The summed E-state index contributed by atoms with van der Waals surface area (Å²) in [6.45, 7) is 7.34. The number of hydrogen-bond acceptors (Lipinski definition) is 1. The lowest BCUT2D eigenvalue weighted by atomic mass is 10.2. The molecule has 0 bridgehead atoms. The first-order chi connectivity index (χ1) is 4.77. The summed E-state index contributed by atoms with van der Waals surface area (Å²) in [5, 5.41) is 3.43. The molecule has 0 aliphatic carbocycles. The maximum atomic E-state index is 3.43. The van der Waals surface area contributed by atoms with Crippen LogP contribution < -0.4 is 5.32 Å². The van der Waals surface area contributed by atoms with E-state index in [0.717, 1.165) is 0 Å². The van der Waals surface area contributed by atoms with E-state index in [1.807, 2.05) is 0 Å². The standard InChI is InChI=1S/C8H19N2/c1-3-6-10(2)7-4-5-9-8-10/h9H,3-8H2,1-2H3/q+1. The average molecular weight is 143 g/mol. The van der Waals surface area contributed by atoms with Gasteiger partial charge in [-0.1, -0.05) is 6.92 Å². The zero-order chi connectivity index (χ0) is 7.45. The highest BCUT2D eigenvalue weighted by atomic mass is 15.4. The van der Waals surface area contributed by atoms with E-state index < -0.39 is 0 Å². The molecular weight excluding hydrogens is 124 g/mol. The third-order valence-electron chi connectivity index (χ3n) is 2.31. The van der Waals surface area contributed by atoms with Crippen LogP contribution in [0.4, 0.5) is 0 Å². The van der Waals surface area contributed by atoms with Gasteiger partial charge in [0.05, 0.1) is 20.1 Å². The summed E-state index contributed by atoms with van der Waals surface area (Å²) < 4.78 is 1.23. The fourth-order valence-corrected chi connectivity index (χ4v) is 1.74. The SMILES string of the molecule is CCC[N+]1(C)CCCNC1. The molecule has 0 radical (unpaired) electrons. The van der Waals surface area contributed by atoms with Gasteiger partial charge in [-0.3, -0.25) is 5.32 Å². The summed E-state index contributed by atoms with van der Waals surface area (Å²) >= 11 is 0. The molecule has 60 valence electrons. The van der Waals surface area contributed by atoms with Gasteiger partial charge in [0.25, 0.3) is 0 Å². The predicted molar refractivity (Wildman–Crippen MR) is 43.7 cm³/mol. The maximum absolute atomic E-state index is 3.43. The van der Waals surface area contributed by atoms with Crippen LogP contribution in [-0.2, 0) is 0 Å². The number of quaternary nitrogens is 1. The van der Waals surface area contributed by atoms with Crippen LogP contribution in [0.1, 0.15) is 19.8 Å². The van der Waals surface area contributed by atoms with Crippen molar-refractivity contribution in [2.24, 2.45) is 0 Å². The highest BCUT2D eigenvalue weighted by Gasteiger charge is 2.22. The molecule has 1 unspecified atom stereocenters. The van der Waals surface area contributed by atoms with E-state index in [1.54, 1.807) is 0 Å². The first kappa shape index (κ1) is 8.02. The molecule has 1 atom stereocenters. The van der Waals surface area contributed by atoms with Gasteiger partial charge in [-0.05, 0) is 6.42 Å². The first-order valence-electron chi connectivity index (χ1n) is 4.31. The fraction of sp³-hybridized carbons (Fsp3) is 1.00. The minimum atomic E-state index is 1.17. The van der Waals surface area contributed by atoms with E-state index in [4.69, 9.17) is 0 Å². The van der Waals surface area contributed by atoms with Crippen molar-refractivity contribution in [3.05, 3.63) is 0 Å². The van der Waals surface area contributed by atoms with Crippen molar-refractivity contribution in [2.75, 3.05) is 33.4 Å². The van der Waals surface area contributed by atoms with Gasteiger partial charge in [0.2, 0.25) is 0 Å². The molecule has 1 rings (SSSR count). The molecule has 0 aromatic carbocycles. The zero-order valence-corrected chi connectivity index (χ0v) is 7.19. The topological polar surface area (TPSA) is 12.0 Å². The van der Waals surface area contributed by atoms with Crippen molar-refractivity contribution < 1.29 is 4.48 Å². The molecule has 0 aromatic heterocycles. The Morgan fingerprint density at radius 3 is 2.80 bits per heavy atom. The van der Waals surface area contributed by atoms with Crippen LogP contribution in [0.2, 0.25) is 0 Å². The summed E-state index contributed by atoms with van der Waals surface area (Å²) in [5.74, 6) is 0. The second kappa shape index (κ2) is 3.35. The van der Waals surface area contributed by atoms with Crippen LogP contribution in [0, 0.1) is 0 Å². The summed E-state index contributed by atoms with van der Waals surface area (Å²) in [6, 6.07) is 0. The van der Waals surface area contributed by atoms with Crippen molar-refractivity contribution in [1.29, 1.82) is 0 Å². The third-order valence-corrected chi connectivity index (χ3v) is 2.31. The lowest BCUT2D eigenvalue weighted by Crippen LogP contribution is -2.55. The van der Waals surface area contributed by atoms with Crippen molar-refractivity contribution >= 4 is 0 Å². The van der Waals surface area contributed by atoms with Crippen LogP contribution in [0.15, 0.2) is 0 Å². The Labute approximate surface area is 63.8 Å². The van der Waals surface area contributed by atoms with Crippen molar-refractivity contribution in [3.8, 4) is 0 Å². The highest BCUT2D eigenvalue weighted by molar-refractivity contribution is 4.50. The molecule has 0 spiro atoms. The number of nitrogens with zero attached hydrogens (tertiary/aromatic N) is 1. The normalized spacial score (nSPS) is 34.2. The van der Waals surface area contributed by atoms with Crippen LogP contribution in [0.5, 0.6) is 0 Å². The van der Waals surface area contributed by atoms with Gasteiger partial charge in [0.1, 0.15) is 6.67 Å². The highest BCUT2D eigenvalue weighted by Crippen LogP contribution is 2.06. The second-order valence-corrected chi connectivity index (χ2v) is 3.58. The molecular formula is C8H19N2+. The average Bonchev–Trinajstić information content (AvgIpc) is 1.89. The van der Waals surface area contributed by atoms with Gasteiger partial charge in [-0.15, -0.1) is 0 Å². The minimum Gasteiger partial charge on any atom is -0.314 e. The Balaban J connectivity index is 2.32. The molecule has 10 heavy (non-hydrogen) atoms. The monoisotopic (exact) mass is 143 g/mol. The van der Waals surface area contributed by atoms with Crippen molar-refractivity contribution in [3.63, 3.8) is 0 Å². The van der Waals surface area contributed by atoms with Gasteiger partial charge in [0, 0.05) is 13.0 Å². The lowest BCUT2D eigenvalue weighted by molar-refractivity contribution is -0.916. The zero-order valence-electron chi connectivity index (χ0n) is 7.19. The van der Waals surface area contributed by atoms with E-state index in [1.165, 1.54) is 43.6 Å². The quantitative estimate of drug-likeness (QED) is 0.564. The van der Waals surface area contributed by atoms with Crippen LogP contribution in [0.25, 0.3) is 0 Å². The van der Waals surface area contributed by atoms with Crippen LogP contribution in [0.3, 0.4) is 0 Å². The number of nitrogens with one attached hydrogen (secondary N) is 1. The van der Waals surface area contributed by atoms with Gasteiger partial charge in [-0.2, -0.15) is 0 Å². The lowest BCUT2D eigenvalue weighted by Gasteiger charge is -2.37. The van der Waals surface area contributed by atoms with Gasteiger partial charge in [-0.25, -0.2) is 0 Å². The van der Waals surface area contributed by atoms with E-state index >= 15 is 0 Å². The molecule has 1 fully saturated rings. The van der Waals surface area contributed by atoms with E-state index in [9.17, 15) is 0 Å². The molecule has 0 saturated carbocycles. The summed E-state index contributed by atoms with van der Waals surface area (Å²) in [5.41, 5.74) is 0. The molecule has 0 amide bonds. The molecule has 1 saturated heterocycles. The number of rotatable bonds is 2. The Bertz CT molecular complexity index is 89.9. The van der Waals surface area contributed by atoms with E-state index in [0.29, 0.717) is 0 Å². The van der Waals surface area contributed by atoms with Crippen molar-refractivity contribution in [1.82, 2.24) is 5.32 Å². The Kier molecular flexibility index (Phi) is 2.69. The number of hydrogen-bond donors (Lipinski definition) is 1. The van der Waals surface area contributed by atoms with E-state index in [-0.39, 0.29) is 0 Å². The molecule has 1 aliphatic rings. The summed E-state index contributed by atoms with van der Waals surface area (Å²) in [7, 11) is 2.34. The molecule has 1 N–H and O–H groups in total. The summed E-state index contributed by atoms with van der Waals surface area (Å²) in [6.07, 6.45) is 2.65. The van der Waals surface area contributed by atoms with E-state index in [2.05, 4.69) is 19.3 Å². The van der Waals surface area contributed by atoms with Gasteiger partial charge in [0.15, 0.2) is 0 Å². The second-order valence-electron chi connectivity index (χ2n) is 3.58. The smallest absolute Gasteiger partial charge is 0.132 e. The molecule has 0 aromatic rings. The van der Waals surface area contributed by atoms with Crippen LogP contribution in [-0.4, -0.2) is 37.8 Å². The summed E-state index contributed by atoms with van der Waals surface area (Å²) in [4.78, 5) is 0.